The largest absolute Gasteiger partial charge is 0.485 e. The Kier molecular flexibility index (Phi) is 5.03. The Morgan fingerprint density at radius 3 is 2.58 bits per heavy atom. The Labute approximate surface area is 193 Å². The van der Waals surface area contributed by atoms with Gasteiger partial charge in [0.15, 0.2) is 0 Å². The SMILES string of the molecule is Nc1ncnc2c1c(-c1ccc3c(c1)OC(c1ccccc1)CC3)cn2[C@H]1CC[C@@H](N)CC1. The Morgan fingerprint density at radius 2 is 1.76 bits per heavy atom. The number of hydrogen-bond donors (Lipinski definition) is 2. The molecule has 4 aromatic rings. The third-order valence-electron chi connectivity index (χ3n) is 7.27. The summed E-state index contributed by atoms with van der Waals surface area (Å²) in [4.78, 5) is 8.94. The van der Waals surface area contributed by atoms with Crippen molar-refractivity contribution in [1.29, 1.82) is 0 Å². The molecule has 33 heavy (non-hydrogen) atoms. The van der Waals surface area contributed by atoms with E-state index in [4.69, 9.17) is 16.2 Å². The molecule has 0 radical (unpaired) electrons. The van der Waals surface area contributed by atoms with E-state index in [2.05, 4.69) is 63.2 Å². The molecule has 1 fully saturated rings. The Balaban J connectivity index is 1.40. The minimum atomic E-state index is 0.0788. The molecule has 1 unspecified atom stereocenters. The number of benzene rings is 2. The first-order valence-corrected chi connectivity index (χ1v) is 11.9. The average molecular weight is 440 g/mol. The highest BCUT2D eigenvalue weighted by molar-refractivity contribution is 6.00. The Morgan fingerprint density at radius 1 is 0.939 bits per heavy atom. The van der Waals surface area contributed by atoms with Crippen molar-refractivity contribution in [2.24, 2.45) is 5.73 Å². The number of hydrogen-bond acceptors (Lipinski definition) is 5. The van der Waals surface area contributed by atoms with E-state index >= 15 is 0 Å². The highest BCUT2D eigenvalue weighted by Crippen LogP contribution is 2.41. The molecule has 6 heteroatoms. The van der Waals surface area contributed by atoms with Gasteiger partial charge in [0.1, 0.15) is 29.6 Å². The van der Waals surface area contributed by atoms with Gasteiger partial charge in [-0.15, -0.1) is 0 Å². The fourth-order valence-electron chi connectivity index (χ4n) is 5.42. The van der Waals surface area contributed by atoms with E-state index < -0.39 is 0 Å². The Bertz CT molecular complexity index is 1290. The number of nitrogens with two attached hydrogens (primary N) is 2. The quantitative estimate of drug-likeness (QED) is 0.458. The summed E-state index contributed by atoms with van der Waals surface area (Å²) in [5, 5.41) is 0.919. The van der Waals surface area contributed by atoms with Crippen LogP contribution >= 0.6 is 0 Å². The highest BCUT2D eigenvalue weighted by Gasteiger charge is 2.26. The molecule has 3 heterocycles. The van der Waals surface area contributed by atoms with Crippen LogP contribution in [0.5, 0.6) is 5.75 Å². The molecule has 4 N–H and O–H groups in total. The van der Waals surface area contributed by atoms with Gasteiger partial charge in [-0.3, -0.25) is 0 Å². The van der Waals surface area contributed by atoms with Gasteiger partial charge in [0.25, 0.3) is 0 Å². The van der Waals surface area contributed by atoms with Crippen LogP contribution in [0.4, 0.5) is 5.82 Å². The van der Waals surface area contributed by atoms with Crippen LogP contribution in [0.15, 0.2) is 61.1 Å². The number of aryl methyl sites for hydroxylation is 1. The molecule has 1 aliphatic carbocycles. The second-order valence-corrected chi connectivity index (χ2v) is 9.35. The molecule has 6 nitrogen and oxygen atoms in total. The predicted molar refractivity (Wildman–Crippen MR) is 131 cm³/mol. The zero-order valence-electron chi connectivity index (χ0n) is 18.7. The van der Waals surface area contributed by atoms with Gasteiger partial charge >= 0.3 is 0 Å². The van der Waals surface area contributed by atoms with E-state index in [0.29, 0.717) is 17.9 Å². The van der Waals surface area contributed by atoms with Gasteiger partial charge in [0.05, 0.1) is 5.39 Å². The van der Waals surface area contributed by atoms with Gasteiger partial charge < -0.3 is 20.8 Å². The number of nitrogen functional groups attached to an aromatic ring is 1. The van der Waals surface area contributed by atoms with Gasteiger partial charge in [-0.1, -0.05) is 42.5 Å². The number of fused-ring (bicyclic) bond motifs is 2. The molecule has 168 valence electrons. The maximum atomic E-state index is 6.47. The minimum Gasteiger partial charge on any atom is -0.485 e. The van der Waals surface area contributed by atoms with E-state index in [1.807, 2.05) is 6.07 Å². The Hall–Kier alpha value is -3.38. The number of rotatable bonds is 3. The van der Waals surface area contributed by atoms with Crippen LogP contribution in [0.2, 0.25) is 0 Å². The lowest BCUT2D eigenvalue weighted by atomic mass is 9.92. The van der Waals surface area contributed by atoms with Gasteiger partial charge in [0, 0.05) is 23.8 Å². The molecule has 0 amide bonds. The molecule has 0 bridgehead atoms. The van der Waals surface area contributed by atoms with E-state index in [9.17, 15) is 0 Å². The maximum absolute atomic E-state index is 6.47. The summed E-state index contributed by atoms with van der Waals surface area (Å²) >= 11 is 0. The topological polar surface area (TPSA) is 92.0 Å². The van der Waals surface area contributed by atoms with Gasteiger partial charge in [0.2, 0.25) is 0 Å². The zero-order valence-corrected chi connectivity index (χ0v) is 18.7. The van der Waals surface area contributed by atoms with E-state index in [1.54, 1.807) is 6.33 Å². The molecule has 0 spiro atoms. The predicted octanol–water partition coefficient (Wildman–Crippen LogP) is 5.19. The van der Waals surface area contributed by atoms with Crippen LogP contribution in [0, 0.1) is 0 Å². The lowest BCUT2D eigenvalue weighted by Crippen LogP contribution is -2.27. The first-order valence-electron chi connectivity index (χ1n) is 11.9. The third-order valence-corrected chi connectivity index (χ3v) is 7.27. The summed E-state index contributed by atoms with van der Waals surface area (Å²) in [7, 11) is 0. The van der Waals surface area contributed by atoms with Crippen molar-refractivity contribution in [1.82, 2.24) is 14.5 Å². The number of anilines is 1. The van der Waals surface area contributed by atoms with Crippen LogP contribution in [0.1, 0.15) is 55.4 Å². The van der Waals surface area contributed by atoms with E-state index in [1.165, 1.54) is 11.1 Å². The molecule has 2 aromatic carbocycles. The molecular formula is C27H29N5O. The van der Waals surface area contributed by atoms with Crippen LogP contribution in [-0.2, 0) is 6.42 Å². The van der Waals surface area contributed by atoms with E-state index in [-0.39, 0.29) is 6.10 Å². The number of nitrogens with zero attached hydrogens (tertiary/aromatic N) is 3. The molecular weight excluding hydrogens is 410 g/mol. The highest BCUT2D eigenvalue weighted by atomic mass is 16.5. The number of ether oxygens (including phenoxy) is 1. The molecule has 1 aliphatic heterocycles. The smallest absolute Gasteiger partial charge is 0.146 e. The molecule has 1 saturated carbocycles. The van der Waals surface area contributed by atoms with Crippen molar-refractivity contribution in [3.63, 3.8) is 0 Å². The van der Waals surface area contributed by atoms with Gasteiger partial charge in [-0.2, -0.15) is 0 Å². The van der Waals surface area contributed by atoms with Crippen LogP contribution in [0.25, 0.3) is 22.2 Å². The molecule has 2 aliphatic rings. The van der Waals surface area contributed by atoms with Crippen LogP contribution in [-0.4, -0.2) is 20.6 Å². The molecule has 1 atom stereocenters. The molecule has 0 saturated heterocycles. The van der Waals surface area contributed by atoms with Crippen LogP contribution in [0.3, 0.4) is 0 Å². The third kappa shape index (κ3) is 3.64. The van der Waals surface area contributed by atoms with Crippen molar-refractivity contribution < 1.29 is 4.74 Å². The maximum Gasteiger partial charge on any atom is 0.146 e. The van der Waals surface area contributed by atoms with Gasteiger partial charge in [-0.25, -0.2) is 9.97 Å². The second-order valence-electron chi connectivity index (χ2n) is 9.35. The first kappa shape index (κ1) is 20.2. The van der Waals surface area contributed by atoms with Crippen molar-refractivity contribution in [2.45, 2.75) is 56.7 Å². The normalized spacial score (nSPS) is 22.6. The second kappa shape index (κ2) is 8.19. The lowest BCUT2D eigenvalue weighted by Gasteiger charge is -2.27. The van der Waals surface area contributed by atoms with E-state index in [0.717, 1.165) is 66.4 Å². The number of aromatic nitrogens is 3. The summed E-state index contributed by atoms with van der Waals surface area (Å²) in [6.07, 6.45) is 10.0. The fraction of sp³-hybridized carbons (Fsp3) is 0.333. The monoisotopic (exact) mass is 439 g/mol. The average Bonchev–Trinajstić information content (AvgIpc) is 3.25. The first-order chi connectivity index (χ1) is 16.2. The lowest BCUT2D eigenvalue weighted by molar-refractivity contribution is 0.177. The molecule has 6 rings (SSSR count). The standard InChI is InChI=1S/C27H29N5O/c28-20-9-11-21(12-10-20)32-15-22(25-26(29)30-16-31-27(25)32)19-7-6-18-8-13-23(33-24(18)14-19)17-4-2-1-3-5-17/h1-7,14-16,20-21,23H,8-13,28H2,(H2,29,30,31)/t20-,21+,23?. The fourth-order valence-corrected chi connectivity index (χ4v) is 5.42. The van der Waals surface area contributed by atoms with Crippen molar-refractivity contribution >= 4 is 16.9 Å². The summed E-state index contributed by atoms with van der Waals surface area (Å²) in [6, 6.07) is 17.7. The van der Waals surface area contributed by atoms with Crippen LogP contribution < -0.4 is 16.2 Å². The van der Waals surface area contributed by atoms with Crippen molar-refractivity contribution in [3.8, 4) is 16.9 Å². The summed E-state index contributed by atoms with van der Waals surface area (Å²) in [5.74, 6) is 1.47. The molecule has 2 aromatic heterocycles. The summed E-state index contributed by atoms with van der Waals surface area (Å²) in [5.41, 5.74) is 18.1. The minimum absolute atomic E-state index is 0.0788. The summed E-state index contributed by atoms with van der Waals surface area (Å²) < 4.78 is 8.77. The van der Waals surface area contributed by atoms with Gasteiger partial charge in [-0.05, 0) is 61.3 Å². The van der Waals surface area contributed by atoms with Crippen molar-refractivity contribution in [3.05, 3.63) is 72.2 Å². The van der Waals surface area contributed by atoms with Crippen molar-refractivity contribution in [2.75, 3.05) is 5.73 Å². The zero-order chi connectivity index (χ0) is 22.4. The summed E-state index contributed by atoms with van der Waals surface area (Å²) in [6.45, 7) is 0.